The van der Waals surface area contributed by atoms with Crippen molar-refractivity contribution in [3.05, 3.63) is 53.3 Å². The van der Waals surface area contributed by atoms with Crippen molar-refractivity contribution < 1.29 is 9.59 Å². The highest BCUT2D eigenvalue weighted by atomic mass is 16.2. The molecule has 1 heterocycles. The second-order valence-corrected chi connectivity index (χ2v) is 4.76. The Morgan fingerprint density at radius 1 is 1.33 bits per heavy atom. The zero-order valence-corrected chi connectivity index (χ0v) is 11.6. The van der Waals surface area contributed by atoms with Gasteiger partial charge in [-0.1, -0.05) is 24.3 Å². The minimum absolute atomic E-state index is 0.235. The number of carbonyl (C=O) groups excluding carboxylic acids is 2. The molecule has 0 radical (unpaired) electrons. The van der Waals surface area contributed by atoms with Crippen molar-refractivity contribution in [3.8, 4) is 0 Å². The molecule has 110 valence electrons. The number of carbonyl (C=O) groups is 2. The van der Waals surface area contributed by atoms with Crippen LogP contribution < -0.4 is 17.0 Å². The maximum atomic E-state index is 11.5. The van der Waals surface area contributed by atoms with Crippen molar-refractivity contribution in [1.29, 1.82) is 0 Å². The number of amides is 2. The van der Waals surface area contributed by atoms with Gasteiger partial charge in [-0.2, -0.15) is 5.10 Å². The lowest BCUT2D eigenvalue weighted by molar-refractivity contribution is -0.122. The lowest BCUT2D eigenvalue weighted by atomic mass is 9.99. The van der Waals surface area contributed by atoms with Crippen molar-refractivity contribution >= 4 is 11.8 Å². The first-order valence-corrected chi connectivity index (χ1v) is 6.43. The Bertz CT molecular complexity index is 648. The van der Waals surface area contributed by atoms with Gasteiger partial charge >= 0.3 is 0 Å². The summed E-state index contributed by atoms with van der Waals surface area (Å²) in [5, 5.41) is 4.07. The molecule has 5 N–H and O–H groups in total. The van der Waals surface area contributed by atoms with E-state index in [0.29, 0.717) is 12.1 Å². The highest BCUT2D eigenvalue weighted by molar-refractivity contribution is 5.92. The molecule has 1 unspecified atom stereocenters. The SMILES string of the molecule is CC(C(=O)NN)c1ccc(Cn2cc(C(N)=O)cn2)cc1. The van der Waals surface area contributed by atoms with Crippen LogP contribution in [0.15, 0.2) is 36.7 Å². The average molecular weight is 287 g/mol. The molecule has 1 aromatic heterocycles. The normalized spacial score (nSPS) is 11.9. The van der Waals surface area contributed by atoms with Crippen LogP contribution in [0.4, 0.5) is 0 Å². The van der Waals surface area contributed by atoms with Gasteiger partial charge in [0.2, 0.25) is 5.91 Å². The monoisotopic (exact) mass is 287 g/mol. The fourth-order valence-electron chi connectivity index (χ4n) is 1.95. The quantitative estimate of drug-likeness (QED) is 0.411. The van der Waals surface area contributed by atoms with Crippen LogP contribution in [-0.4, -0.2) is 21.6 Å². The minimum Gasteiger partial charge on any atom is -0.366 e. The van der Waals surface area contributed by atoms with Crippen LogP contribution in [0, 0.1) is 0 Å². The molecule has 21 heavy (non-hydrogen) atoms. The Morgan fingerprint density at radius 3 is 2.52 bits per heavy atom. The van der Waals surface area contributed by atoms with Crippen molar-refractivity contribution in [2.75, 3.05) is 0 Å². The van der Waals surface area contributed by atoms with E-state index in [9.17, 15) is 9.59 Å². The number of nitrogens with two attached hydrogens (primary N) is 2. The molecule has 0 bridgehead atoms. The van der Waals surface area contributed by atoms with Crippen molar-refractivity contribution in [2.24, 2.45) is 11.6 Å². The molecule has 2 amide bonds. The summed E-state index contributed by atoms with van der Waals surface area (Å²) in [6, 6.07) is 7.55. The van der Waals surface area contributed by atoms with Gasteiger partial charge in [0.25, 0.3) is 5.91 Å². The average Bonchev–Trinajstić information content (AvgIpc) is 2.95. The molecule has 7 nitrogen and oxygen atoms in total. The van der Waals surface area contributed by atoms with Gasteiger partial charge in [0, 0.05) is 6.20 Å². The number of nitrogens with zero attached hydrogens (tertiary/aromatic N) is 2. The molecule has 0 aliphatic carbocycles. The van der Waals surface area contributed by atoms with E-state index in [1.165, 1.54) is 6.20 Å². The number of rotatable bonds is 5. The number of hydrazine groups is 1. The molecule has 2 rings (SSSR count). The third-order valence-electron chi connectivity index (χ3n) is 3.28. The van der Waals surface area contributed by atoms with E-state index in [1.807, 2.05) is 24.3 Å². The second-order valence-electron chi connectivity index (χ2n) is 4.76. The molecular formula is C14H17N5O2. The van der Waals surface area contributed by atoms with E-state index in [2.05, 4.69) is 10.5 Å². The van der Waals surface area contributed by atoms with E-state index >= 15 is 0 Å². The summed E-state index contributed by atoms with van der Waals surface area (Å²) < 4.78 is 1.63. The summed E-state index contributed by atoms with van der Waals surface area (Å²) in [4.78, 5) is 22.5. The highest BCUT2D eigenvalue weighted by Crippen LogP contribution is 2.16. The highest BCUT2D eigenvalue weighted by Gasteiger charge is 2.13. The molecular weight excluding hydrogens is 270 g/mol. The van der Waals surface area contributed by atoms with Crippen LogP contribution in [-0.2, 0) is 11.3 Å². The Morgan fingerprint density at radius 2 is 2.00 bits per heavy atom. The second kappa shape index (κ2) is 6.19. The number of benzene rings is 1. The smallest absolute Gasteiger partial charge is 0.251 e. The van der Waals surface area contributed by atoms with Crippen LogP contribution in [0.1, 0.15) is 34.3 Å². The summed E-state index contributed by atoms with van der Waals surface area (Å²) in [6.07, 6.45) is 3.03. The Balaban J connectivity index is 2.08. The topological polar surface area (TPSA) is 116 Å². The third-order valence-corrected chi connectivity index (χ3v) is 3.28. The Hall–Kier alpha value is -2.67. The molecule has 0 fully saturated rings. The lowest BCUT2D eigenvalue weighted by Gasteiger charge is -2.10. The van der Waals surface area contributed by atoms with E-state index in [0.717, 1.165) is 11.1 Å². The fourth-order valence-corrected chi connectivity index (χ4v) is 1.95. The van der Waals surface area contributed by atoms with Gasteiger partial charge in [0.1, 0.15) is 0 Å². The summed E-state index contributed by atoms with van der Waals surface area (Å²) in [7, 11) is 0. The number of hydrogen-bond acceptors (Lipinski definition) is 4. The number of aromatic nitrogens is 2. The molecule has 2 aromatic rings. The van der Waals surface area contributed by atoms with E-state index in [4.69, 9.17) is 11.6 Å². The zero-order chi connectivity index (χ0) is 15.4. The molecule has 0 aliphatic heterocycles. The van der Waals surface area contributed by atoms with Gasteiger partial charge in [0.15, 0.2) is 0 Å². The Labute approximate surface area is 121 Å². The Kier molecular flexibility index (Phi) is 4.34. The van der Waals surface area contributed by atoms with Crippen molar-refractivity contribution in [1.82, 2.24) is 15.2 Å². The first-order valence-electron chi connectivity index (χ1n) is 6.43. The number of nitrogens with one attached hydrogen (secondary N) is 1. The predicted octanol–water partition coefficient (Wildman–Crippen LogP) is 0.124. The van der Waals surface area contributed by atoms with Gasteiger partial charge in [-0.15, -0.1) is 0 Å². The van der Waals surface area contributed by atoms with Crippen LogP contribution in [0.3, 0.4) is 0 Å². The van der Waals surface area contributed by atoms with Crippen LogP contribution >= 0.6 is 0 Å². The van der Waals surface area contributed by atoms with Gasteiger partial charge < -0.3 is 5.73 Å². The van der Waals surface area contributed by atoms with E-state index in [-0.39, 0.29) is 11.8 Å². The summed E-state index contributed by atoms with van der Waals surface area (Å²) in [6.45, 7) is 2.30. The zero-order valence-electron chi connectivity index (χ0n) is 11.6. The van der Waals surface area contributed by atoms with Gasteiger partial charge in [-0.25, -0.2) is 5.84 Å². The summed E-state index contributed by atoms with van der Waals surface area (Å²) in [5.74, 6) is 4.07. The molecule has 0 aliphatic rings. The largest absolute Gasteiger partial charge is 0.366 e. The molecule has 1 aromatic carbocycles. The lowest BCUT2D eigenvalue weighted by Crippen LogP contribution is -2.33. The number of hydrogen-bond donors (Lipinski definition) is 3. The van der Waals surface area contributed by atoms with Gasteiger partial charge in [0.05, 0.1) is 24.2 Å². The van der Waals surface area contributed by atoms with Crippen LogP contribution in [0.5, 0.6) is 0 Å². The molecule has 7 heteroatoms. The maximum absolute atomic E-state index is 11.5. The van der Waals surface area contributed by atoms with Gasteiger partial charge in [-0.3, -0.25) is 19.7 Å². The molecule has 0 saturated heterocycles. The predicted molar refractivity (Wildman–Crippen MR) is 77.0 cm³/mol. The fraction of sp³-hybridized carbons (Fsp3) is 0.214. The minimum atomic E-state index is -0.502. The summed E-state index contributed by atoms with van der Waals surface area (Å²) in [5.41, 5.74) is 9.56. The van der Waals surface area contributed by atoms with E-state index in [1.54, 1.807) is 17.8 Å². The maximum Gasteiger partial charge on any atom is 0.251 e. The van der Waals surface area contributed by atoms with Crippen LogP contribution in [0.25, 0.3) is 0 Å². The number of primary amides is 1. The molecule has 1 atom stereocenters. The standard InChI is InChI=1S/C14H17N5O2/c1-9(14(21)18-16)11-4-2-10(3-5-11)7-19-8-12(6-17-19)13(15)20/h2-6,8-9H,7,16H2,1H3,(H2,15,20)(H,18,21). The van der Waals surface area contributed by atoms with Gasteiger partial charge in [-0.05, 0) is 18.1 Å². The third kappa shape index (κ3) is 3.46. The van der Waals surface area contributed by atoms with Crippen molar-refractivity contribution in [3.63, 3.8) is 0 Å². The van der Waals surface area contributed by atoms with Crippen molar-refractivity contribution in [2.45, 2.75) is 19.4 Å². The van der Waals surface area contributed by atoms with Crippen LogP contribution in [0.2, 0.25) is 0 Å². The molecule has 0 spiro atoms. The first kappa shape index (κ1) is 14.7. The molecule has 0 saturated carbocycles. The summed E-state index contributed by atoms with van der Waals surface area (Å²) >= 11 is 0. The van der Waals surface area contributed by atoms with E-state index < -0.39 is 5.91 Å². The first-order chi connectivity index (χ1) is 10.0.